The molecule has 0 spiro atoms. The number of benzene rings is 1. The van der Waals surface area contributed by atoms with E-state index in [2.05, 4.69) is 16.0 Å². The molecule has 2 amide bonds. The molecule has 96 valence electrons. The largest absolute Gasteiger partial charge is 0.385 e. The van der Waals surface area contributed by atoms with Crippen LogP contribution in [0.4, 0.5) is 11.4 Å². The second-order valence-electron chi connectivity index (χ2n) is 4.36. The van der Waals surface area contributed by atoms with Crippen molar-refractivity contribution in [1.82, 2.24) is 5.32 Å². The molecule has 0 unspecified atom stereocenters. The van der Waals surface area contributed by atoms with Gasteiger partial charge in [-0.2, -0.15) is 0 Å². The summed E-state index contributed by atoms with van der Waals surface area (Å²) in [5, 5.41) is 8.52. The van der Waals surface area contributed by atoms with E-state index in [0.29, 0.717) is 0 Å². The second-order valence-corrected chi connectivity index (χ2v) is 4.36. The third-order valence-corrected chi connectivity index (χ3v) is 2.83. The highest BCUT2D eigenvalue weighted by Crippen LogP contribution is 2.25. The molecule has 1 heterocycles. The summed E-state index contributed by atoms with van der Waals surface area (Å²) in [6, 6.07) is 5.84. The molecule has 0 saturated heterocycles. The number of rotatable bonds is 3. The predicted molar refractivity (Wildman–Crippen MR) is 70.6 cm³/mol. The Morgan fingerprint density at radius 1 is 1.39 bits per heavy atom. The first kappa shape index (κ1) is 12.4. The Balaban J connectivity index is 1.97. The van der Waals surface area contributed by atoms with Crippen LogP contribution in [0, 0.1) is 0 Å². The fraction of sp³-hybridized carbons (Fsp3) is 0.385. The Morgan fingerprint density at radius 2 is 2.22 bits per heavy atom. The number of carbonyl (C=O) groups is 2. The summed E-state index contributed by atoms with van der Waals surface area (Å²) >= 11 is 0. The first-order chi connectivity index (χ1) is 8.65. The van der Waals surface area contributed by atoms with E-state index >= 15 is 0 Å². The average molecular weight is 247 g/mol. The third-order valence-electron chi connectivity index (χ3n) is 2.83. The lowest BCUT2D eigenvalue weighted by Gasteiger charge is -2.18. The van der Waals surface area contributed by atoms with Gasteiger partial charge in [-0.25, -0.2) is 0 Å². The summed E-state index contributed by atoms with van der Waals surface area (Å²) in [5.74, 6) is -0.432. The molecule has 0 fully saturated rings. The van der Waals surface area contributed by atoms with Gasteiger partial charge < -0.3 is 16.0 Å². The monoisotopic (exact) mass is 247 g/mol. The van der Waals surface area contributed by atoms with Crippen LogP contribution in [0.1, 0.15) is 18.9 Å². The van der Waals surface area contributed by atoms with Gasteiger partial charge in [0.1, 0.15) is 0 Å². The van der Waals surface area contributed by atoms with Gasteiger partial charge in [0.05, 0.1) is 6.54 Å². The molecule has 0 aliphatic carbocycles. The standard InChI is InChI=1S/C13H17N3O2/c1-9(17)15-8-13(18)16-11-5-4-10-3-2-6-14-12(10)7-11/h4-5,7,14H,2-3,6,8H2,1H3,(H,15,17)(H,16,18). The zero-order valence-electron chi connectivity index (χ0n) is 10.4. The summed E-state index contributed by atoms with van der Waals surface area (Å²) in [4.78, 5) is 22.2. The van der Waals surface area contributed by atoms with E-state index in [1.165, 1.54) is 12.5 Å². The van der Waals surface area contributed by atoms with Gasteiger partial charge in [0.2, 0.25) is 11.8 Å². The fourth-order valence-corrected chi connectivity index (χ4v) is 1.95. The molecule has 1 aromatic rings. The van der Waals surface area contributed by atoms with Crippen LogP contribution in [-0.2, 0) is 16.0 Å². The number of amides is 2. The topological polar surface area (TPSA) is 70.2 Å². The summed E-state index contributed by atoms with van der Waals surface area (Å²) in [5.41, 5.74) is 3.11. The molecule has 0 atom stereocenters. The Morgan fingerprint density at radius 3 is 3.00 bits per heavy atom. The van der Waals surface area contributed by atoms with Gasteiger partial charge in [-0.3, -0.25) is 9.59 Å². The second kappa shape index (κ2) is 5.53. The van der Waals surface area contributed by atoms with E-state index in [0.717, 1.165) is 30.8 Å². The molecule has 5 heteroatoms. The van der Waals surface area contributed by atoms with Crippen molar-refractivity contribution >= 4 is 23.2 Å². The number of anilines is 2. The maximum absolute atomic E-state index is 11.5. The first-order valence-electron chi connectivity index (χ1n) is 6.06. The van der Waals surface area contributed by atoms with E-state index in [1.807, 2.05) is 18.2 Å². The lowest BCUT2D eigenvalue weighted by molar-refractivity contribution is -0.122. The summed E-state index contributed by atoms with van der Waals surface area (Å²) < 4.78 is 0. The molecular formula is C13H17N3O2. The van der Waals surface area contributed by atoms with Crippen molar-refractivity contribution in [2.24, 2.45) is 0 Å². The lowest BCUT2D eigenvalue weighted by atomic mass is 10.0. The molecule has 0 saturated carbocycles. The number of aryl methyl sites for hydroxylation is 1. The number of carbonyl (C=O) groups excluding carboxylic acids is 2. The zero-order chi connectivity index (χ0) is 13.0. The van der Waals surface area contributed by atoms with Gasteiger partial charge >= 0.3 is 0 Å². The molecule has 2 rings (SSSR count). The van der Waals surface area contributed by atoms with Gasteiger partial charge in [-0.1, -0.05) is 6.07 Å². The van der Waals surface area contributed by atoms with Gasteiger partial charge in [0.15, 0.2) is 0 Å². The number of hydrogen-bond donors (Lipinski definition) is 3. The smallest absolute Gasteiger partial charge is 0.243 e. The maximum atomic E-state index is 11.5. The van der Waals surface area contributed by atoms with Crippen LogP contribution in [0.5, 0.6) is 0 Å². The van der Waals surface area contributed by atoms with Gasteiger partial charge in [-0.05, 0) is 30.5 Å². The Kier molecular flexibility index (Phi) is 3.82. The maximum Gasteiger partial charge on any atom is 0.243 e. The molecule has 0 radical (unpaired) electrons. The zero-order valence-corrected chi connectivity index (χ0v) is 10.4. The predicted octanol–water partition coefficient (Wildman–Crippen LogP) is 1.12. The highest BCUT2D eigenvalue weighted by atomic mass is 16.2. The van der Waals surface area contributed by atoms with Crippen molar-refractivity contribution in [2.45, 2.75) is 19.8 Å². The number of hydrogen-bond acceptors (Lipinski definition) is 3. The molecule has 5 nitrogen and oxygen atoms in total. The van der Waals surface area contributed by atoms with Gasteiger partial charge in [0.25, 0.3) is 0 Å². The number of fused-ring (bicyclic) bond motifs is 1. The minimum absolute atomic E-state index is 0.000152. The minimum atomic E-state index is -0.221. The normalized spacial score (nSPS) is 13.2. The van der Waals surface area contributed by atoms with E-state index in [-0.39, 0.29) is 18.4 Å². The highest BCUT2D eigenvalue weighted by Gasteiger charge is 2.10. The quantitative estimate of drug-likeness (QED) is 0.749. The first-order valence-corrected chi connectivity index (χ1v) is 6.06. The Bertz CT molecular complexity index is 471. The van der Waals surface area contributed by atoms with Gasteiger partial charge in [0, 0.05) is 24.8 Å². The summed E-state index contributed by atoms with van der Waals surface area (Å²) in [7, 11) is 0. The van der Waals surface area contributed by atoms with Crippen LogP contribution in [0.25, 0.3) is 0 Å². The number of nitrogens with one attached hydrogen (secondary N) is 3. The van der Waals surface area contributed by atoms with Crippen LogP contribution < -0.4 is 16.0 Å². The summed E-state index contributed by atoms with van der Waals surface area (Å²) in [6.45, 7) is 2.35. The molecule has 0 aromatic heterocycles. The lowest BCUT2D eigenvalue weighted by Crippen LogP contribution is -2.31. The van der Waals surface area contributed by atoms with E-state index in [4.69, 9.17) is 0 Å². The molecule has 0 bridgehead atoms. The van der Waals surface area contributed by atoms with Crippen LogP contribution in [0.15, 0.2) is 18.2 Å². The molecule has 3 N–H and O–H groups in total. The molecular weight excluding hydrogens is 230 g/mol. The van der Waals surface area contributed by atoms with E-state index in [9.17, 15) is 9.59 Å². The summed E-state index contributed by atoms with van der Waals surface area (Å²) in [6.07, 6.45) is 2.21. The molecule has 1 aliphatic rings. The fourth-order valence-electron chi connectivity index (χ4n) is 1.95. The minimum Gasteiger partial charge on any atom is -0.385 e. The van der Waals surface area contributed by atoms with Crippen molar-refractivity contribution < 1.29 is 9.59 Å². The van der Waals surface area contributed by atoms with Crippen LogP contribution in [0.3, 0.4) is 0 Å². The molecule has 1 aromatic carbocycles. The Hall–Kier alpha value is -2.04. The van der Waals surface area contributed by atoms with Crippen LogP contribution in [-0.4, -0.2) is 24.9 Å². The van der Waals surface area contributed by atoms with E-state index in [1.54, 1.807) is 0 Å². The molecule has 1 aliphatic heterocycles. The van der Waals surface area contributed by atoms with E-state index < -0.39 is 0 Å². The van der Waals surface area contributed by atoms with Crippen LogP contribution >= 0.6 is 0 Å². The third kappa shape index (κ3) is 3.23. The van der Waals surface area contributed by atoms with Crippen molar-refractivity contribution in [3.05, 3.63) is 23.8 Å². The van der Waals surface area contributed by atoms with Crippen LogP contribution in [0.2, 0.25) is 0 Å². The molecule has 18 heavy (non-hydrogen) atoms. The average Bonchev–Trinajstić information content (AvgIpc) is 2.36. The highest BCUT2D eigenvalue weighted by molar-refractivity contribution is 5.94. The van der Waals surface area contributed by atoms with Gasteiger partial charge in [-0.15, -0.1) is 0 Å². The SMILES string of the molecule is CC(=O)NCC(=O)Nc1ccc2c(c1)NCCC2. The van der Waals surface area contributed by atoms with Crippen molar-refractivity contribution in [3.8, 4) is 0 Å². The Labute approximate surface area is 106 Å². The van der Waals surface area contributed by atoms with Crippen molar-refractivity contribution in [2.75, 3.05) is 23.7 Å². The van der Waals surface area contributed by atoms with Crippen molar-refractivity contribution in [1.29, 1.82) is 0 Å². The van der Waals surface area contributed by atoms with Crippen molar-refractivity contribution in [3.63, 3.8) is 0 Å².